The van der Waals surface area contributed by atoms with Crippen LogP contribution in [0.2, 0.25) is 0 Å². The summed E-state index contributed by atoms with van der Waals surface area (Å²) < 4.78 is 5.38. The topological polar surface area (TPSA) is 52.1 Å². The van der Waals surface area contributed by atoms with Crippen molar-refractivity contribution in [2.24, 2.45) is 10.9 Å². The van der Waals surface area contributed by atoms with Crippen LogP contribution in [0.3, 0.4) is 0 Å². The minimum absolute atomic E-state index is 0. The second-order valence-corrected chi connectivity index (χ2v) is 6.82. The van der Waals surface area contributed by atoms with Gasteiger partial charge in [-0.05, 0) is 52.7 Å². The number of guanidine groups is 1. The number of nitrogens with zero attached hydrogens (tertiary/aromatic N) is 3. The second kappa shape index (κ2) is 12.3. The minimum Gasteiger partial charge on any atom is -0.379 e. The first kappa shape index (κ1) is 21.9. The molecule has 1 aliphatic heterocycles. The fourth-order valence-corrected chi connectivity index (χ4v) is 3.08. The zero-order valence-electron chi connectivity index (χ0n) is 15.6. The van der Waals surface area contributed by atoms with Gasteiger partial charge in [0.25, 0.3) is 0 Å². The molecule has 6 nitrogen and oxygen atoms in total. The first-order valence-corrected chi connectivity index (χ1v) is 9.19. The molecule has 0 bridgehead atoms. The molecule has 142 valence electrons. The highest BCUT2D eigenvalue weighted by Crippen LogP contribution is 2.34. The van der Waals surface area contributed by atoms with E-state index in [1.165, 1.54) is 12.8 Å². The largest absolute Gasteiger partial charge is 0.379 e. The van der Waals surface area contributed by atoms with E-state index in [-0.39, 0.29) is 24.0 Å². The molecule has 0 aromatic heterocycles. The monoisotopic (exact) mass is 453 g/mol. The Balaban J connectivity index is 0.00000288. The van der Waals surface area contributed by atoms with E-state index < -0.39 is 0 Å². The predicted octanol–water partition coefficient (Wildman–Crippen LogP) is 1.22. The van der Waals surface area contributed by atoms with Gasteiger partial charge >= 0.3 is 0 Å². The van der Waals surface area contributed by atoms with Crippen LogP contribution in [0, 0.1) is 5.92 Å². The summed E-state index contributed by atoms with van der Waals surface area (Å²) in [6.07, 6.45) is 3.87. The van der Waals surface area contributed by atoms with Gasteiger partial charge in [-0.1, -0.05) is 0 Å². The molecule has 0 aromatic carbocycles. The van der Waals surface area contributed by atoms with Gasteiger partial charge in [0, 0.05) is 32.2 Å². The number of likely N-dealkylation sites (N-methyl/N-ethyl adjacent to an activating group) is 1. The molecule has 1 saturated heterocycles. The molecule has 0 aromatic rings. The molecule has 0 spiro atoms. The molecule has 2 rings (SSSR count). The average Bonchev–Trinajstić information content (AvgIpc) is 3.37. The van der Waals surface area contributed by atoms with Crippen LogP contribution in [0.1, 0.15) is 26.2 Å². The van der Waals surface area contributed by atoms with Crippen molar-refractivity contribution in [3.63, 3.8) is 0 Å². The van der Waals surface area contributed by atoms with Crippen molar-refractivity contribution in [2.75, 3.05) is 66.6 Å². The molecule has 1 unspecified atom stereocenters. The summed E-state index contributed by atoms with van der Waals surface area (Å²) in [4.78, 5) is 9.60. The lowest BCUT2D eigenvalue weighted by Crippen LogP contribution is -2.41. The third kappa shape index (κ3) is 8.31. The van der Waals surface area contributed by atoms with Gasteiger partial charge in [0.05, 0.1) is 19.8 Å². The molecule has 1 aliphatic carbocycles. The zero-order valence-corrected chi connectivity index (χ0v) is 17.9. The fraction of sp³-hybridized carbons (Fsp3) is 0.941. The van der Waals surface area contributed by atoms with Crippen molar-refractivity contribution in [3.05, 3.63) is 0 Å². The summed E-state index contributed by atoms with van der Waals surface area (Å²) in [6.45, 7) is 9.92. The summed E-state index contributed by atoms with van der Waals surface area (Å²) in [6, 6.07) is 0.582. The predicted molar refractivity (Wildman–Crippen MR) is 111 cm³/mol. The molecule has 2 fully saturated rings. The Morgan fingerprint density at radius 2 is 1.96 bits per heavy atom. The summed E-state index contributed by atoms with van der Waals surface area (Å²) in [5.41, 5.74) is 0. The van der Waals surface area contributed by atoms with Crippen molar-refractivity contribution in [1.82, 2.24) is 20.4 Å². The maximum absolute atomic E-state index is 5.38. The smallest absolute Gasteiger partial charge is 0.191 e. The molecule has 1 atom stereocenters. The number of nitrogens with one attached hydrogen (secondary N) is 2. The maximum Gasteiger partial charge on any atom is 0.191 e. The Morgan fingerprint density at radius 1 is 1.25 bits per heavy atom. The number of hydrogen-bond acceptors (Lipinski definition) is 4. The van der Waals surface area contributed by atoms with E-state index in [0.717, 1.165) is 70.8 Å². The molecule has 1 saturated carbocycles. The van der Waals surface area contributed by atoms with Crippen LogP contribution in [0.5, 0.6) is 0 Å². The van der Waals surface area contributed by atoms with Crippen molar-refractivity contribution in [3.8, 4) is 0 Å². The SMILES string of the molecule is CCNC(=NCC(C1CC1)N(C)C)NCCCN1CCOCC1.I. The van der Waals surface area contributed by atoms with E-state index in [4.69, 9.17) is 9.73 Å². The summed E-state index contributed by atoms with van der Waals surface area (Å²) in [7, 11) is 4.34. The van der Waals surface area contributed by atoms with Crippen molar-refractivity contribution >= 4 is 29.9 Å². The van der Waals surface area contributed by atoms with Gasteiger partial charge in [0.1, 0.15) is 0 Å². The van der Waals surface area contributed by atoms with E-state index in [1.807, 2.05) is 0 Å². The number of aliphatic imine (C=N–C) groups is 1. The molecule has 7 heteroatoms. The Labute approximate surface area is 164 Å². The van der Waals surface area contributed by atoms with Gasteiger partial charge < -0.3 is 20.3 Å². The molecular formula is C17H36IN5O. The summed E-state index contributed by atoms with van der Waals surface area (Å²) >= 11 is 0. The van der Waals surface area contributed by atoms with Crippen molar-refractivity contribution < 1.29 is 4.74 Å². The van der Waals surface area contributed by atoms with Crippen LogP contribution in [0.4, 0.5) is 0 Å². The third-order valence-electron chi connectivity index (χ3n) is 4.66. The van der Waals surface area contributed by atoms with Crippen LogP contribution in [0.25, 0.3) is 0 Å². The van der Waals surface area contributed by atoms with Gasteiger partial charge in [0.15, 0.2) is 5.96 Å². The molecule has 2 N–H and O–H groups in total. The lowest BCUT2D eigenvalue weighted by Gasteiger charge is -2.26. The molecule has 1 heterocycles. The Kier molecular flexibility index (Phi) is 11.2. The van der Waals surface area contributed by atoms with E-state index in [9.17, 15) is 0 Å². The third-order valence-corrected chi connectivity index (χ3v) is 4.66. The summed E-state index contributed by atoms with van der Waals surface area (Å²) in [5.74, 6) is 1.81. The van der Waals surface area contributed by atoms with Gasteiger partial charge in [-0.25, -0.2) is 0 Å². The zero-order chi connectivity index (χ0) is 16.5. The quantitative estimate of drug-likeness (QED) is 0.238. The highest BCUT2D eigenvalue weighted by atomic mass is 127. The lowest BCUT2D eigenvalue weighted by atomic mass is 10.2. The second-order valence-electron chi connectivity index (χ2n) is 6.82. The summed E-state index contributed by atoms with van der Waals surface area (Å²) in [5, 5.41) is 6.84. The normalized spacial score (nSPS) is 20.6. The standard InChI is InChI=1S/C17H35N5O.HI/c1-4-18-17(20-14-16(21(2)3)15-6-7-15)19-8-5-9-22-10-12-23-13-11-22;/h15-16H,4-14H2,1-3H3,(H2,18,19,20);1H. The van der Waals surface area contributed by atoms with E-state index in [1.54, 1.807) is 0 Å². The first-order valence-electron chi connectivity index (χ1n) is 9.19. The molecule has 2 aliphatic rings. The van der Waals surface area contributed by atoms with E-state index in [2.05, 4.69) is 41.5 Å². The van der Waals surface area contributed by atoms with Crippen LogP contribution in [-0.4, -0.2) is 88.4 Å². The molecular weight excluding hydrogens is 417 g/mol. The van der Waals surface area contributed by atoms with Crippen molar-refractivity contribution in [2.45, 2.75) is 32.2 Å². The van der Waals surface area contributed by atoms with Crippen LogP contribution in [-0.2, 0) is 4.74 Å². The first-order chi connectivity index (χ1) is 11.2. The Bertz CT molecular complexity index is 355. The van der Waals surface area contributed by atoms with Crippen LogP contribution >= 0.6 is 24.0 Å². The maximum atomic E-state index is 5.38. The molecule has 0 amide bonds. The molecule has 0 radical (unpaired) electrons. The van der Waals surface area contributed by atoms with E-state index in [0.29, 0.717) is 6.04 Å². The fourth-order valence-electron chi connectivity index (χ4n) is 3.08. The van der Waals surface area contributed by atoms with Gasteiger partial charge in [-0.2, -0.15) is 0 Å². The van der Waals surface area contributed by atoms with Crippen molar-refractivity contribution in [1.29, 1.82) is 0 Å². The minimum atomic E-state index is 0. The van der Waals surface area contributed by atoms with Crippen LogP contribution < -0.4 is 10.6 Å². The Morgan fingerprint density at radius 3 is 2.54 bits per heavy atom. The lowest BCUT2D eigenvalue weighted by molar-refractivity contribution is 0.0376. The molecule has 24 heavy (non-hydrogen) atoms. The number of ether oxygens (including phenoxy) is 1. The number of halogens is 1. The van der Waals surface area contributed by atoms with E-state index >= 15 is 0 Å². The highest BCUT2D eigenvalue weighted by molar-refractivity contribution is 14.0. The van der Waals surface area contributed by atoms with Gasteiger partial charge in [-0.15, -0.1) is 24.0 Å². The van der Waals surface area contributed by atoms with Crippen LogP contribution in [0.15, 0.2) is 4.99 Å². The Hall–Kier alpha value is -0.120. The van der Waals surface area contributed by atoms with Gasteiger partial charge in [-0.3, -0.25) is 9.89 Å². The number of hydrogen-bond donors (Lipinski definition) is 2. The highest BCUT2D eigenvalue weighted by Gasteiger charge is 2.32. The number of morpholine rings is 1. The van der Waals surface area contributed by atoms with Gasteiger partial charge in [0.2, 0.25) is 0 Å². The average molecular weight is 453 g/mol. The number of rotatable bonds is 9.